The van der Waals surface area contributed by atoms with Gasteiger partial charge in [0, 0.05) is 11.0 Å². The number of hydrogen-bond acceptors (Lipinski definition) is 2. The summed E-state index contributed by atoms with van der Waals surface area (Å²) >= 11 is 0. The highest BCUT2D eigenvalue weighted by molar-refractivity contribution is 5.90. The van der Waals surface area contributed by atoms with Gasteiger partial charge in [-0.2, -0.15) is 0 Å². The number of phenols is 2. The number of hydrogen-bond donors (Lipinski definition) is 2. The van der Waals surface area contributed by atoms with Crippen molar-refractivity contribution in [1.29, 1.82) is 0 Å². The Bertz CT molecular complexity index is 721. The van der Waals surface area contributed by atoms with Gasteiger partial charge >= 0.3 is 0 Å². The fourth-order valence-electron chi connectivity index (χ4n) is 6.27. The second kappa shape index (κ2) is 4.18. The Balaban J connectivity index is 1.76. The zero-order valence-electron chi connectivity index (χ0n) is 12.8. The normalized spacial score (nSPS) is 36.1. The number of fused-ring (bicyclic) bond motifs is 1. The molecule has 0 radical (unpaired) electrons. The van der Waals surface area contributed by atoms with E-state index in [1.165, 1.54) is 38.5 Å². The van der Waals surface area contributed by atoms with Gasteiger partial charge in [-0.05, 0) is 85.3 Å². The second-order valence-electron chi connectivity index (χ2n) is 8.06. The maximum Gasteiger partial charge on any atom is 0.119 e. The molecule has 0 spiro atoms. The van der Waals surface area contributed by atoms with Crippen LogP contribution in [0.2, 0.25) is 0 Å². The van der Waals surface area contributed by atoms with Gasteiger partial charge in [0.1, 0.15) is 11.5 Å². The largest absolute Gasteiger partial charge is 0.508 e. The molecule has 2 nitrogen and oxygen atoms in total. The molecule has 2 aromatic carbocycles. The van der Waals surface area contributed by atoms with Crippen molar-refractivity contribution in [2.75, 3.05) is 0 Å². The monoisotopic (exact) mass is 294 g/mol. The molecule has 2 N–H and O–H groups in total. The number of aromatic hydroxyl groups is 2. The minimum Gasteiger partial charge on any atom is -0.508 e. The third kappa shape index (κ3) is 1.67. The van der Waals surface area contributed by atoms with Crippen LogP contribution in [0.1, 0.15) is 44.1 Å². The van der Waals surface area contributed by atoms with E-state index in [2.05, 4.69) is 0 Å². The molecular formula is C20H22O2. The Kier molecular flexibility index (Phi) is 2.44. The molecule has 2 heteroatoms. The van der Waals surface area contributed by atoms with Gasteiger partial charge in [0.2, 0.25) is 0 Å². The SMILES string of the molecule is Oc1ccc2ccc(O)c(C34CC5CC(CC(C5)C3)C4)c2c1. The van der Waals surface area contributed by atoms with E-state index in [0.29, 0.717) is 11.5 Å². The molecule has 114 valence electrons. The molecule has 4 fully saturated rings. The summed E-state index contributed by atoms with van der Waals surface area (Å²) in [7, 11) is 0. The standard InChI is InChI=1S/C20H22O2/c21-16-3-1-15-2-4-18(22)19(17(15)8-16)20-9-12-5-13(10-20)7-14(6-12)11-20/h1-4,8,12-14,21-22H,5-7,9-11H2. The topological polar surface area (TPSA) is 40.5 Å². The van der Waals surface area contributed by atoms with Crippen molar-refractivity contribution >= 4 is 10.8 Å². The summed E-state index contributed by atoms with van der Waals surface area (Å²) in [5.41, 5.74) is 1.27. The maximum atomic E-state index is 10.7. The lowest BCUT2D eigenvalue weighted by molar-refractivity contribution is -0.00540. The first-order chi connectivity index (χ1) is 10.6. The summed E-state index contributed by atoms with van der Waals surface area (Å²) in [4.78, 5) is 0. The summed E-state index contributed by atoms with van der Waals surface area (Å²) in [6, 6.07) is 9.38. The molecule has 0 atom stereocenters. The summed E-state index contributed by atoms with van der Waals surface area (Å²) in [5.74, 6) is 3.26. The van der Waals surface area contributed by atoms with Crippen molar-refractivity contribution in [3.8, 4) is 11.5 Å². The first-order valence-corrected chi connectivity index (χ1v) is 8.58. The first-order valence-electron chi connectivity index (χ1n) is 8.58. The van der Waals surface area contributed by atoms with E-state index in [9.17, 15) is 10.2 Å². The first kappa shape index (κ1) is 12.8. The van der Waals surface area contributed by atoms with Crippen LogP contribution in [0.3, 0.4) is 0 Å². The molecule has 6 rings (SSSR count). The molecule has 4 aliphatic rings. The highest BCUT2D eigenvalue weighted by atomic mass is 16.3. The van der Waals surface area contributed by atoms with Gasteiger partial charge in [-0.3, -0.25) is 0 Å². The summed E-state index contributed by atoms with van der Waals surface area (Å²) < 4.78 is 0. The highest BCUT2D eigenvalue weighted by Gasteiger charge is 2.52. The van der Waals surface area contributed by atoms with E-state index in [-0.39, 0.29) is 5.41 Å². The van der Waals surface area contributed by atoms with Crippen LogP contribution in [-0.2, 0) is 5.41 Å². The Hall–Kier alpha value is -1.70. The van der Waals surface area contributed by atoms with Gasteiger partial charge in [-0.1, -0.05) is 12.1 Å². The van der Waals surface area contributed by atoms with Crippen molar-refractivity contribution in [2.24, 2.45) is 17.8 Å². The molecule has 0 amide bonds. The third-order valence-electron chi connectivity index (χ3n) is 6.55. The van der Waals surface area contributed by atoms with E-state index in [1.54, 1.807) is 6.07 Å². The number of benzene rings is 2. The van der Waals surface area contributed by atoms with Crippen molar-refractivity contribution in [2.45, 2.75) is 43.9 Å². The Morgan fingerprint density at radius 3 is 2.05 bits per heavy atom. The molecule has 4 bridgehead atoms. The molecule has 0 saturated heterocycles. The Morgan fingerprint density at radius 2 is 1.41 bits per heavy atom. The van der Waals surface area contributed by atoms with Crippen LogP contribution in [-0.4, -0.2) is 10.2 Å². The van der Waals surface area contributed by atoms with Gasteiger partial charge in [0.05, 0.1) is 0 Å². The number of rotatable bonds is 1. The molecule has 0 unspecified atom stereocenters. The van der Waals surface area contributed by atoms with Crippen LogP contribution in [0.5, 0.6) is 11.5 Å². The molecule has 0 aliphatic heterocycles. The van der Waals surface area contributed by atoms with Crippen molar-refractivity contribution in [1.82, 2.24) is 0 Å². The zero-order chi connectivity index (χ0) is 14.9. The van der Waals surface area contributed by atoms with E-state index < -0.39 is 0 Å². The predicted octanol–water partition coefficient (Wildman–Crippen LogP) is 4.72. The number of phenolic OH excluding ortho intramolecular Hbond substituents is 2. The minimum absolute atomic E-state index is 0.145. The van der Waals surface area contributed by atoms with Gasteiger partial charge in [-0.15, -0.1) is 0 Å². The lowest BCUT2D eigenvalue weighted by atomic mass is 9.47. The quantitative estimate of drug-likeness (QED) is 0.799. The van der Waals surface area contributed by atoms with E-state index in [0.717, 1.165) is 34.1 Å². The van der Waals surface area contributed by atoms with Crippen LogP contribution in [0.4, 0.5) is 0 Å². The summed E-state index contributed by atoms with van der Waals surface area (Å²) in [6.45, 7) is 0. The molecule has 0 heterocycles. The molecule has 4 aliphatic carbocycles. The average molecular weight is 294 g/mol. The zero-order valence-corrected chi connectivity index (χ0v) is 12.8. The molecule has 4 saturated carbocycles. The van der Waals surface area contributed by atoms with Crippen molar-refractivity contribution in [3.05, 3.63) is 35.9 Å². The van der Waals surface area contributed by atoms with Crippen LogP contribution in [0.15, 0.2) is 30.3 Å². The maximum absolute atomic E-state index is 10.7. The van der Waals surface area contributed by atoms with Crippen LogP contribution in [0, 0.1) is 17.8 Å². The average Bonchev–Trinajstić information content (AvgIpc) is 2.45. The van der Waals surface area contributed by atoms with Crippen LogP contribution >= 0.6 is 0 Å². The molecule has 2 aromatic rings. The summed E-state index contributed by atoms with van der Waals surface area (Å²) in [6.07, 6.45) is 7.87. The van der Waals surface area contributed by atoms with Crippen molar-refractivity contribution in [3.63, 3.8) is 0 Å². The van der Waals surface area contributed by atoms with Crippen molar-refractivity contribution < 1.29 is 10.2 Å². The third-order valence-corrected chi connectivity index (χ3v) is 6.55. The van der Waals surface area contributed by atoms with Crippen LogP contribution in [0.25, 0.3) is 10.8 Å². The lowest BCUT2D eigenvalue weighted by Crippen LogP contribution is -2.48. The van der Waals surface area contributed by atoms with E-state index >= 15 is 0 Å². The van der Waals surface area contributed by atoms with Gasteiger partial charge in [-0.25, -0.2) is 0 Å². The fourth-order valence-corrected chi connectivity index (χ4v) is 6.27. The second-order valence-corrected chi connectivity index (χ2v) is 8.06. The molecular weight excluding hydrogens is 272 g/mol. The highest BCUT2D eigenvalue weighted by Crippen LogP contribution is 2.62. The van der Waals surface area contributed by atoms with E-state index in [4.69, 9.17) is 0 Å². The van der Waals surface area contributed by atoms with Crippen LogP contribution < -0.4 is 0 Å². The molecule has 0 aromatic heterocycles. The van der Waals surface area contributed by atoms with Gasteiger partial charge in [0.15, 0.2) is 0 Å². The summed E-state index contributed by atoms with van der Waals surface area (Å²) in [5, 5.41) is 22.8. The predicted molar refractivity (Wildman–Crippen MR) is 87.1 cm³/mol. The lowest BCUT2D eigenvalue weighted by Gasteiger charge is -2.57. The molecule has 22 heavy (non-hydrogen) atoms. The Morgan fingerprint density at radius 1 is 0.818 bits per heavy atom. The van der Waals surface area contributed by atoms with E-state index in [1.807, 2.05) is 24.3 Å². The Labute approximate surface area is 130 Å². The van der Waals surface area contributed by atoms with Gasteiger partial charge < -0.3 is 10.2 Å². The minimum atomic E-state index is 0.145. The fraction of sp³-hybridized carbons (Fsp3) is 0.500. The smallest absolute Gasteiger partial charge is 0.119 e. The van der Waals surface area contributed by atoms with Gasteiger partial charge in [0.25, 0.3) is 0 Å².